The van der Waals surface area contributed by atoms with Gasteiger partial charge in [-0.05, 0) is 35.2 Å². The topological polar surface area (TPSA) is 52.0 Å². The maximum Gasteiger partial charge on any atom is 0.257 e. The fourth-order valence-electron chi connectivity index (χ4n) is 2.13. The minimum absolute atomic E-state index is 0.564. The Morgan fingerprint density at radius 3 is 2.62 bits per heavy atom. The molecular weight excluding hydrogens is 280 g/mol. The van der Waals surface area contributed by atoms with Gasteiger partial charge in [-0.15, -0.1) is 0 Å². The fourth-order valence-corrected chi connectivity index (χ4v) is 2.92. The van der Waals surface area contributed by atoms with Gasteiger partial charge >= 0.3 is 0 Å². The number of nitrogen functional groups attached to an aromatic ring is 1. The van der Waals surface area contributed by atoms with Crippen molar-refractivity contribution in [2.75, 3.05) is 5.73 Å². The molecule has 2 aromatic carbocycles. The zero-order chi connectivity index (χ0) is 14.8. The molecule has 3 rings (SSSR count). The molecule has 0 atom stereocenters. The van der Waals surface area contributed by atoms with Crippen LogP contribution in [0, 0.1) is 0 Å². The van der Waals surface area contributed by atoms with E-state index in [-0.39, 0.29) is 0 Å². The molecule has 2 N–H and O–H groups in total. The Morgan fingerprint density at radius 1 is 1.14 bits per heavy atom. The minimum Gasteiger partial charge on any atom is -0.431 e. The minimum atomic E-state index is 0.564. The lowest BCUT2D eigenvalue weighted by Crippen LogP contribution is -1.88. The van der Waals surface area contributed by atoms with Gasteiger partial charge in [0.05, 0.1) is 0 Å². The van der Waals surface area contributed by atoms with E-state index in [4.69, 9.17) is 10.2 Å². The van der Waals surface area contributed by atoms with Gasteiger partial charge in [0.25, 0.3) is 5.22 Å². The molecule has 1 heterocycles. The molecule has 1 aromatic heterocycles. The fraction of sp³-hybridized carbons (Fsp3) is 0.235. The second kappa shape index (κ2) is 5.82. The van der Waals surface area contributed by atoms with Crippen LogP contribution in [0.2, 0.25) is 0 Å². The van der Waals surface area contributed by atoms with E-state index in [0.717, 1.165) is 16.9 Å². The van der Waals surface area contributed by atoms with Crippen LogP contribution in [-0.2, 0) is 5.75 Å². The number of aromatic nitrogens is 1. The lowest BCUT2D eigenvalue weighted by atomic mass is 10.0. The average Bonchev–Trinajstić information content (AvgIpc) is 2.87. The van der Waals surface area contributed by atoms with E-state index in [1.807, 2.05) is 18.2 Å². The maximum atomic E-state index is 5.75. The molecule has 0 bridgehead atoms. The maximum absolute atomic E-state index is 5.75. The Labute approximate surface area is 128 Å². The average molecular weight is 298 g/mol. The SMILES string of the molecule is CC(C)c1ccc(CSc2nc3cc(N)ccc3o2)cc1. The summed E-state index contributed by atoms with van der Waals surface area (Å²) in [5, 5.41) is 0.684. The van der Waals surface area contributed by atoms with Gasteiger partial charge < -0.3 is 10.2 Å². The number of rotatable bonds is 4. The lowest BCUT2D eigenvalue weighted by Gasteiger charge is -2.05. The largest absolute Gasteiger partial charge is 0.431 e. The highest BCUT2D eigenvalue weighted by Crippen LogP contribution is 2.27. The molecule has 4 heteroatoms. The Morgan fingerprint density at radius 2 is 1.90 bits per heavy atom. The third-order valence-corrected chi connectivity index (χ3v) is 4.30. The number of fused-ring (bicyclic) bond motifs is 1. The zero-order valence-corrected chi connectivity index (χ0v) is 13.0. The molecule has 21 heavy (non-hydrogen) atoms. The van der Waals surface area contributed by atoms with Gasteiger partial charge in [0, 0.05) is 11.4 Å². The highest BCUT2D eigenvalue weighted by atomic mass is 32.2. The molecule has 0 aliphatic rings. The van der Waals surface area contributed by atoms with Crippen LogP contribution in [0.4, 0.5) is 5.69 Å². The number of oxazole rings is 1. The summed E-state index contributed by atoms with van der Waals surface area (Å²) < 4.78 is 5.70. The first kappa shape index (κ1) is 14.0. The van der Waals surface area contributed by atoms with Gasteiger partial charge in [0.15, 0.2) is 5.58 Å². The van der Waals surface area contributed by atoms with Crippen molar-refractivity contribution in [2.24, 2.45) is 0 Å². The predicted molar refractivity (Wildman–Crippen MR) is 88.5 cm³/mol. The zero-order valence-electron chi connectivity index (χ0n) is 12.2. The molecule has 3 nitrogen and oxygen atoms in total. The van der Waals surface area contributed by atoms with Crippen molar-refractivity contribution < 1.29 is 4.42 Å². The van der Waals surface area contributed by atoms with Crippen molar-refractivity contribution in [1.82, 2.24) is 4.98 Å². The van der Waals surface area contributed by atoms with Gasteiger partial charge in [0.2, 0.25) is 0 Å². The van der Waals surface area contributed by atoms with Crippen LogP contribution in [0.1, 0.15) is 30.9 Å². The van der Waals surface area contributed by atoms with Crippen LogP contribution in [-0.4, -0.2) is 4.98 Å². The number of thioether (sulfide) groups is 1. The van der Waals surface area contributed by atoms with E-state index in [0.29, 0.717) is 16.8 Å². The molecule has 108 valence electrons. The molecule has 0 unspecified atom stereocenters. The van der Waals surface area contributed by atoms with Crippen LogP contribution >= 0.6 is 11.8 Å². The quantitative estimate of drug-likeness (QED) is 0.554. The van der Waals surface area contributed by atoms with Gasteiger partial charge in [-0.3, -0.25) is 0 Å². The molecule has 0 amide bonds. The van der Waals surface area contributed by atoms with Crippen LogP contribution in [0.3, 0.4) is 0 Å². The summed E-state index contributed by atoms with van der Waals surface area (Å²) >= 11 is 1.60. The summed E-state index contributed by atoms with van der Waals surface area (Å²) in [6, 6.07) is 14.2. The normalized spacial score (nSPS) is 11.4. The lowest BCUT2D eigenvalue weighted by molar-refractivity contribution is 0.489. The number of nitrogens with two attached hydrogens (primary N) is 1. The third-order valence-electron chi connectivity index (χ3n) is 3.40. The summed E-state index contributed by atoms with van der Waals surface area (Å²) in [4.78, 5) is 4.45. The summed E-state index contributed by atoms with van der Waals surface area (Å²) in [6.45, 7) is 4.40. The molecule has 0 radical (unpaired) electrons. The van der Waals surface area contributed by atoms with Gasteiger partial charge in [-0.2, -0.15) is 0 Å². The standard InChI is InChI=1S/C17H18N2OS/c1-11(2)13-5-3-12(4-6-13)10-21-17-19-15-9-14(18)7-8-16(15)20-17/h3-9,11H,10,18H2,1-2H3. The van der Waals surface area contributed by atoms with Crippen LogP contribution in [0.25, 0.3) is 11.1 Å². The molecule has 0 fully saturated rings. The number of hydrogen-bond acceptors (Lipinski definition) is 4. The van der Waals surface area contributed by atoms with E-state index in [1.165, 1.54) is 11.1 Å². The Balaban J connectivity index is 1.71. The summed E-state index contributed by atoms with van der Waals surface area (Å²) in [7, 11) is 0. The summed E-state index contributed by atoms with van der Waals surface area (Å²) in [6.07, 6.45) is 0. The molecule has 0 saturated carbocycles. The van der Waals surface area contributed by atoms with Crippen LogP contribution in [0.15, 0.2) is 52.1 Å². The Kier molecular flexibility index (Phi) is 3.88. The first-order chi connectivity index (χ1) is 10.1. The highest BCUT2D eigenvalue weighted by molar-refractivity contribution is 7.98. The molecular formula is C17H18N2OS. The van der Waals surface area contributed by atoms with Gasteiger partial charge in [-0.1, -0.05) is 49.9 Å². The summed E-state index contributed by atoms with van der Waals surface area (Å²) in [5.41, 5.74) is 10.7. The first-order valence-electron chi connectivity index (χ1n) is 6.99. The van der Waals surface area contributed by atoms with Crippen LogP contribution < -0.4 is 5.73 Å². The highest BCUT2D eigenvalue weighted by Gasteiger charge is 2.07. The third kappa shape index (κ3) is 3.22. The first-order valence-corrected chi connectivity index (χ1v) is 7.98. The predicted octanol–water partition coefficient (Wildman–Crippen LogP) is 4.83. The van der Waals surface area contributed by atoms with E-state index >= 15 is 0 Å². The molecule has 0 aliphatic heterocycles. The number of benzene rings is 2. The van der Waals surface area contributed by atoms with E-state index in [2.05, 4.69) is 43.1 Å². The molecule has 0 saturated heterocycles. The number of hydrogen-bond donors (Lipinski definition) is 1. The molecule has 0 spiro atoms. The van der Waals surface area contributed by atoms with Crippen molar-refractivity contribution in [1.29, 1.82) is 0 Å². The second-order valence-electron chi connectivity index (χ2n) is 5.39. The van der Waals surface area contributed by atoms with E-state index < -0.39 is 0 Å². The second-order valence-corrected chi connectivity index (χ2v) is 6.32. The van der Waals surface area contributed by atoms with Crippen molar-refractivity contribution in [3.63, 3.8) is 0 Å². The van der Waals surface area contributed by atoms with E-state index in [9.17, 15) is 0 Å². The Hall–Kier alpha value is -1.94. The van der Waals surface area contributed by atoms with Crippen molar-refractivity contribution in [2.45, 2.75) is 30.7 Å². The number of anilines is 1. The monoisotopic (exact) mass is 298 g/mol. The summed E-state index contributed by atoms with van der Waals surface area (Å²) in [5.74, 6) is 1.41. The number of nitrogens with zero attached hydrogens (tertiary/aromatic N) is 1. The van der Waals surface area contributed by atoms with Crippen LogP contribution in [0.5, 0.6) is 0 Å². The smallest absolute Gasteiger partial charge is 0.257 e. The van der Waals surface area contributed by atoms with Crippen molar-refractivity contribution in [3.05, 3.63) is 53.6 Å². The van der Waals surface area contributed by atoms with Gasteiger partial charge in [0.1, 0.15) is 5.52 Å². The molecule has 3 aromatic rings. The molecule has 0 aliphatic carbocycles. The van der Waals surface area contributed by atoms with Gasteiger partial charge in [-0.25, -0.2) is 4.98 Å². The van der Waals surface area contributed by atoms with Crippen molar-refractivity contribution >= 4 is 28.5 Å². The van der Waals surface area contributed by atoms with Crippen molar-refractivity contribution in [3.8, 4) is 0 Å². The van der Waals surface area contributed by atoms with E-state index in [1.54, 1.807) is 11.8 Å². The Bertz CT molecular complexity index is 747.